The number of benzene rings is 2. The Kier molecular flexibility index (Phi) is 5.14. The number of carbonyl (C=O) groups excluding carboxylic acids is 1. The first kappa shape index (κ1) is 19.2. The Labute approximate surface area is 154 Å². The summed E-state index contributed by atoms with van der Waals surface area (Å²) in [6, 6.07) is 9.60. The Hall–Kier alpha value is -2.55. The summed E-state index contributed by atoms with van der Waals surface area (Å²) in [4.78, 5) is 11.5. The molecule has 0 atom stereocenters. The summed E-state index contributed by atoms with van der Waals surface area (Å²) < 4.78 is 66.3. The molecule has 3 rings (SSSR count). The quantitative estimate of drug-likeness (QED) is 0.784. The van der Waals surface area contributed by atoms with Gasteiger partial charge in [0.25, 0.3) is 5.91 Å². The van der Waals surface area contributed by atoms with Crippen molar-refractivity contribution in [3.63, 3.8) is 0 Å². The van der Waals surface area contributed by atoms with Crippen LogP contribution in [0.3, 0.4) is 0 Å². The number of amides is 1. The smallest absolute Gasteiger partial charge is 0.379 e. The summed E-state index contributed by atoms with van der Waals surface area (Å²) in [6.07, 6.45) is -1.68. The van der Waals surface area contributed by atoms with E-state index in [1.807, 2.05) is 6.07 Å². The van der Waals surface area contributed by atoms with Crippen molar-refractivity contribution in [2.24, 2.45) is 0 Å². The minimum Gasteiger partial charge on any atom is -0.379 e. The van der Waals surface area contributed by atoms with Gasteiger partial charge < -0.3 is 9.50 Å². The van der Waals surface area contributed by atoms with E-state index in [-0.39, 0.29) is 16.2 Å². The molecule has 0 fully saturated rings. The molecule has 0 saturated carbocycles. The number of fused-ring (bicyclic) bond motifs is 1. The first-order valence-electron chi connectivity index (χ1n) is 8.15. The molecule has 1 aliphatic rings. The van der Waals surface area contributed by atoms with Gasteiger partial charge in [-0.25, -0.2) is 0 Å². The van der Waals surface area contributed by atoms with Gasteiger partial charge in [-0.2, -0.15) is 21.6 Å². The number of carbonyl (C=O) groups is 1. The highest BCUT2D eigenvalue weighted by atomic mass is 32.2. The van der Waals surface area contributed by atoms with E-state index in [2.05, 4.69) is 0 Å². The van der Waals surface area contributed by atoms with E-state index in [1.54, 1.807) is 17.4 Å². The predicted molar refractivity (Wildman–Crippen MR) is 91.1 cm³/mol. The normalized spacial score (nSPS) is 13.9. The number of halogens is 3. The van der Waals surface area contributed by atoms with Crippen LogP contribution in [0.1, 0.15) is 27.9 Å². The van der Waals surface area contributed by atoms with Crippen molar-refractivity contribution in [2.75, 3.05) is 6.54 Å². The summed E-state index contributed by atoms with van der Waals surface area (Å²) in [7, 11) is -4.12. The molecular formula is C18H16F3NO4S. The highest BCUT2D eigenvalue weighted by Crippen LogP contribution is 2.28. The van der Waals surface area contributed by atoms with Gasteiger partial charge in [0.1, 0.15) is 17.2 Å². The van der Waals surface area contributed by atoms with Crippen LogP contribution in [-0.4, -0.2) is 27.0 Å². The van der Waals surface area contributed by atoms with Gasteiger partial charge in [0.05, 0.1) is 0 Å². The highest BCUT2D eigenvalue weighted by Gasteiger charge is 2.28. The SMILES string of the molecule is O=C(NCC(F)(F)F)c1ccc(S(=O)(=O)Oc2ccc3c(c2)CCC3)cc1. The fraction of sp³-hybridized carbons (Fsp3) is 0.278. The zero-order chi connectivity index (χ0) is 19.7. The van der Waals surface area contributed by atoms with Gasteiger partial charge >= 0.3 is 16.3 Å². The summed E-state index contributed by atoms with van der Waals surface area (Å²) in [5, 5.41) is 1.72. The monoisotopic (exact) mass is 399 g/mol. The van der Waals surface area contributed by atoms with Gasteiger partial charge in [-0.05, 0) is 66.8 Å². The molecule has 144 valence electrons. The summed E-state index contributed by atoms with van der Waals surface area (Å²) >= 11 is 0. The van der Waals surface area contributed by atoms with Crippen LogP contribution in [0.15, 0.2) is 47.4 Å². The second-order valence-electron chi connectivity index (χ2n) is 6.14. The Morgan fingerprint density at radius 2 is 1.70 bits per heavy atom. The van der Waals surface area contributed by atoms with E-state index in [0.717, 1.165) is 49.1 Å². The summed E-state index contributed by atoms with van der Waals surface area (Å²) in [5.74, 6) is -0.751. The molecule has 2 aromatic carbocycles. The third-order valence-electron chi connectivity index (χ3n) is 4.13. The zero-order valence-corrected chi connectivity index (χ0v) is 14.9. The minimum absolute atomic E-state index is 0.0873. The van der Waals surface area contributed by atoms with E-state index < -0.39 is 28.7 Å². The van der Waals surface area contributed by atoms with Gasteiger partial charge in [-0.1, -0.05) is 6.07 Å². The maximum absolute atomic E-state index is 12.4. The van der Waals surface area contributed by atoms with Crippen LogP contribution in [0.5, 0.6) is 5.75 Å². The van der Waals surface area contributed by atoms with Crippen molar-refractivity contribution >= 4 is 16.0 Å². The molecule has 1 aliphatic carbocycles. The first-order valence-corrected chi connectivity index (χ1v) is 9.56. The first-order chi connectivity index (χ1) is 12.6. The van der Waals surface area contributed by atoms with Gasteiger partial charge in [0.15, 0.2) is 0 Å². The Bertz CT molecular complexity index is 954. The van der Waals surface area contributed by atoms with Crippen molar-refractivity contribution < 1.29 is 30.6 Å². The third-order valence-corrected chi connectivity index (χ3v) is 5.39. The molecule has 0 aliphatic heterocycles. The molecule has 27 heavy (non-hydrogen) atoms. The Balaban J connectivity index is 1.71. The Morgan fingerprint density at radius 1 is 1.04 bits per heavy atom. The highest BCUT2D eigenvalue weighted by molar-refractivity contribution is 7.87. The molecule has 0 saturated heterocycles. The molecule has 0 heterocycles. The van der Waals surface area contributed by atoms with Crippen molar-refractivity contribution in [3.8, 4) is 5.75 Å². The lowest BCUT2D eigenvalue weighted by atomic mass is 10.1. The van der Waals surface area contributed by atoms with Crippen molar-refractivity contribution in [3.05, 3.63) is 59.2 Å². The Morgan fingerprint density at radius 3 is 2.37 bits per heavy atom. The molecule has 0 aromatic heterocycles. The van der Waals surface area contributed by atoms with Crippen LogP contribution in [0.25, 0.3) is 0 Å². The zero-order valence-electron chi connectivity index (χ0n) is 14.0. The lowest BCUT2D eigenvalue weighted by molar-refractivity contribution is -0.123. The molecule has 0 spiro atoms. The number of nitrogens with one attached hydrogen (secondary N) is 1. The number of hydrogen-bond acceptors (Lipinski definition) is 4. The van der Waals surface area contributed by atoms with Crippen molar-refractivity contribution in [1.82, 2.24) is 5.32 Å². The molecule has 9 heteroatoms. The molecule has 2 aromatic rings. The fourth-order valence-electron chi connectivity index (χ4n) is 2.83. The van der Waals surface area contributed by atoms with Crippen molar-refractivity contribution in [1.29, 1.82) is 0 Å². The molecule has 5 nitrogen and oxygen atoms in total. The molecule has 1 amide bonds. The second-order valence-corrected chi connectivity index (χ2v) is 7.69. The summed E-state index contributed by atoms with van der Waals surface area (Å²) in [5.41, 5.74) is 2.14. The maximum atomic E-state index is 12.4. The summed E-state index contributed by atoms with van der Waals surface area (Å²) in [6.45, 7) is -1.46. The van der Waals surface area contributed by atoms with E-state index >= 15 is 0 Å². The van der Waals surface area contributed by atoms with Crippen LogP contribution >= 0.6 is 0 Å². The number of hydrogen-bond donors (Lipinski definition) is 1. The van der Waals surface area contributed by atoms with Gasteiger partial charge in [-0.3, -0.25) is 4.79 Å². The standard InChI is InChI=1S/C18H16F3NO4S/c19-18(20,21)11-22-17(23)13-5-8-16(9-6-13)27(24,25)26-15-7-4-12-2-1-3-14(12)10-15/h4-10H,1-3,11H2,(H,22,23). The van der Waals surface area contributed by atoms with Crippen molar-refractivity contribution in [2.45, 2.75) is 30.3 Å². The molecule has 0 radical (unpaired) electrons. The molecular weight excluding hydrogens is 383 g/mol. The lowest BCUT2D eigenvalue weighted by Crippen LogP contribution is -2.33. The van der Waals surface area contributed by atoms with E-state index in [0.29, 0.717) is 0 Å². The van der Waals surface area contributed by atoms with Gasteiger partial charge in [-0.15, -0.1) is 0 Å². The minimum atomic E-state index is -4.53. The topological polar surface area (TPSA) is 72.5 Å². The van der Waals surface area contributed by atoms with Crippen LogP contribution in [0.2, 0.25) is 0 Å². The lowest BCUT2D eigenvalue weighted by Gasteiger charge is -2.10. The van der Waals surface area contributed by atoms with Crippen LogP contribution in [0, 0.1) is 0 Å². The second kappa shape index (κ2) is 7.22. The van der Waals surface area contributed by atoms with Crippen LogP contribution in [-0.2, 0) is 23.0 Å². The van der Waals surface area contributed by atoms with Crippen LogP contribution in [0.4, 0.5) is 13.2 Å². The number of alkyl halides is 3. The van der Waals surface area contributed by atoms with Gasteiger partial charge in [0, 0.05) is 5.56 Å². The van der Waals surface area contributed by atoms with E-state index in [4.69, 9.17) is 4.18 Å². The van der Waals surface area contributed by atoms with E-state index in [9.17, 15) is 26.4 Å². The number of rotatable bonds is 5. The third kappa shape index (κ3) is 4.79. The fourth-order valence-corrected chi connectivity index (χ4v) is 3.75. The largest absolute Gasteiger partial charge is 0.405 e. The maximum Gasteiger partial charge on any atom is 0.405 e. The number of aryl methyl sites for hydroxylation is 2. The predicted octanol–water partition coefficient (Wildman–Crippen LogP) is 3.24. The van der Waals surface area contributed by atoms with Crippen LogP contribution < -0.4 is 9.50 Å². The van der Waals surface area contributed by atoms with E-state index in [1.165, 1.54) is 5.56 Å². The van der Waals surface area contributed by atoms with Gasteiger partial charge in [0.2, 0.25) is 0 Å². The molecule has 1 N–H and O–H groups in total. The average Bonchev–Trinajstić information content (AvgIpc) is 3.06. The average molecular weight is 399 g/mol. The molecule has 0 bridgehead atoms. The molecule has 0 unspecified atom stereocenters.